The van der Waals surface area contributed by atoms with Gasteiger partial charge in [0.25, 0.3) is 0 Å². The summed E-state index contributed by atoms with van der Waals surface area (Å²) in [5.41, 5.74) is 1.22. The Hall–Kier alpha value is -0.870. The van der Waals surface area contributed by atoms with Crippen LogP contribution >= 0.6 is 0 Å². The maximum absolute atomic E-state index is 9.94. The van der Waals surface area contributed by atoms with Crippen molar-refractivity contribution in [3.8, 4) is 0 Å². The van der Waals surface area contributed by atoms with E-state index in [2.05, 4.69) is 30.5 Å². The summed E-state index contributed by atoms with van der Waals surface area (Å²) in [6, 6.07) is 0.305. The van der Waals surface area contributed by atoms with Gasteiger partial charge in [0, 0.05) is 30.9 Å². The van der Waals surface area contributed by atoms with Gasteiger partial charge in [-0.1, -0.05) is 12.8 Å². The lowest BCUT2D eigenvalue weighted by atomic mass is 9.86. The number of aryl methyl sites for hydroxylation is 1. The van der Waals surface area contributed by atoms with Gasteiger partial charge in [-0.05, 0) is 32.6 Å². The molecule has 1 saturated carbocycles. The van der Waals surface area contributed by atoms with E-state index in [1.54, 1.807) is 0 Å². The van der Waals surface area contributed by atoms with Crippen LogP contribution < -0.4 is 5.32 Å². The Balaban J connectivity index is 1.81. The second kappa shape index (κ2) is 6.34. The van der Waals surface area contributed by atoms with Gasteiger partial charge in [-0.2, -0.15) is 5.10 Å². The molecule has 1 aliphatic carbocycles. The summed E-state index contributed by atoms with van der Waals surface area (Å²) in [5, 5.41) is 17.8. The molecule has 4 heteroatoms. The first-order valence-electron chi connectivity index (χ1n) is 7.14. The van der Waals surface area contributed by atoms with E-state index in [-0.39, 0.29) is 6.10 Å². The Labute approximate surface area is 109 Å². The summed E-state index contributed by atoms with van der Waals surface area (Å²) in [5.74, 6) is 0.419. The molecule has 1 aliphatic rings. The fourth-order valence-electron chi connectivity index (χ4n) is 2.65. The predicted octanol–water partition coefficient (Wildman–Crippen LogP) is 2.10. The third-order valence-electron chi connectivity index (χ3n) is 4.03. The highest BCUT2D eigenvalue weighted by molar-refractivity contribution is 5.09. The van der Waals surface area contributed by atoms with Gasteiger partial charge in [-0.15, -0.1) is 0 Å². The number of aliphatic hydroxyl groups is 1. The van der Waals surface area contributed by atoms with Gasteiger partial charge in [-0.25, -0.2) is 0 Å². The Morgan fingerprint density at radius 2 is 2.28 bits per heavy atom. The number of hydrogen-bond donors (Lipinski definition) is 2. The van der Waals surface area contributed by atoms with Crippen LogP contribution in [-0.4, -0.2) is 27.5 Å². The molecule has 0 aliphatic heterocycles. The van der Waals surface area contributed by atoms with Gasteiger partial charge in [-0.3, -0.25) is 4.68 Å². The van der Waals surface area contributed by atoms with Gasteiger partial charge < -0.3 is 10.4 Å². The molecule has 0 radical (unpaired) electrons. The van der Waals surface area contributed by atoms with Gasteiger partial charge in [0.05, 0.1) is 12.3 Å². The first-order chi connectivity index (χ1) is 8.70. The molecule has 0 amide bonds. The lowest BCUT2D eigenvalue weighted by Crippen LogP contribution is -2.34. The largest absolute Gasteiger partial charge is 0.393 e. The zero-order chi connectivity index (χ0) is 13.0. The van der Waals surface area contributed by atoms with Crippen molar-refractivity contribution in [3.63, 3.8) is 0 Å². The summed E-state index contributed by atoms with van der Waals surface area (Å²) >= 11 is 0. The van der Waals surface area contributed by atoms with E-state index in [1.165, 1.54) is 18.4 Å². The Morgan fingerprint density at radius 1 is 1.50 bits per heavy atom. The molecule has 2 N–H and O–H groups in total. The molecule has 18 heavy (non-hydrogen) atoms. The van der Waals surface area contributed by atoms with Gasteiger partial charge >= 0.3 is 0 Å². The van der Waals surface area contributed by atoms with Crippen molar-refractivity contribution in [2.45, 2.75) is 58.2 Å². The van der Waals surface area contributed by atoms with E-state index in [0.717, 1.165) is 25.9 Å². The highest BCUT2D eigenvalue weighted by Crippen LogP contribution is 2.24. The van der Waals surface area contributed by atoms with E-state index in [9.17, 15) is 5.11 Å². The standard InChI is InChI=1S/C14H25N3O/c1-3-17-10-13(9-16-17)11(2)15-8-12-6-4-5-7-14(12)18/h9-12,14-15,18H,3-8H2,1-2H3. The van der Waals surface area contributed by atoms with Crippen LogP contribution in [0.1, 0.15) is 51.1 Å². The summed E-state index contributed by atoms with van der Waals surface area (Å²) in [7, 11) is 0. The van der Waals surface area contributed by atoms with E-state index >= 15 is 0 Å². The van der Waals surface area contributed by atoms with Crippen LogP contribution in [-0.2, 0) is 6.54 Å². The number of rotatable bonds is 5. The fourth-order valence-corrected chi connectivity index (χ4v) is 2.65. The normalized spacial score (nSPS) is 26.2. The van der Waals surface area contributed by atoms with Crippen molar-refractivity contribution in [1.82, 2.24) is 15.1 Å². The smallest absolute Gasteiger partial charge is 0.0580 e. The quantitative estimate of drug-likeness (QED) is 0.842. The Kier molecular flexibility index (Phi) is 4.78. The van der Waals surface area contributed by atoms with Crippen LogP contribution in [0.3, 0.4) is 0 Å². The minimum atomic E-state index is -0.114. The van der Waals surface area contributed by atoms with Crippen LogP contribution in [0.4, 0.5) is 0 Å². The SMILES string of the molecule is CCn1cc(C(C)NCC2CCCCC2O)cn1. The van der Waals surface area contributed by atoms with Crippen LogP contribution in [0.2, 0.25) is 0 Å². The summed E-state index contributed by atoms with van der Waals surface area (Å²) in [4.78, 5) is 0. The predicted molar refractivity (Wildman–Crippen MR) is 72.3 cm³/mol. The molecule has 1 aromatic heterocycles. The fraction of sp³-hybridized carbons (Fsp3) is 0.786. The molecular formula is C14H25N3O. The van der Waals surface area contributed by atoms with Crippen LogP contribution in [0.15, 0.2) is 12.4 Å². The molecule has 2 rings (SSSR count). The molecule has 102 valence electrons. The number of hydrogen-bond acceptors (Lipinski definition) is 3. The monoisotopic (exact) mass is 251 g/mol. The molecular weight excluding hydrogens is 226 g/mol. The lowest BCUT2D eigenvalue weighted by molar-refractivity contribution is 0.0684. The lowest BCUT2D eigenvalue weighted by Gasteiger charge is -2.28. The molecule has 1 heterocycles. The van der Waals surface area contributed by atoms with Gasteiger partial charge in [0.2, 0.25) is 0 Å². The van der Waals surface area contributed by atoms with E-state index in [0.29, 0.717) is 12.0 Å². The van der Waals surface area contributed by atoms with Crippen molar-refractivity contribution in [3.05, 3.63) is 18.0 Å². The number of aliphatic hydroxyl groups excluding tert-OH is 1. The molecule has 3 unspecified atom stereocenters. The molecule has 1 aromatic rings. The van der Waals surface area contributed by atoms with E-state index in [1.807, 2.05) is 10.9 Å². The van der Waals surface area contributed by atoms with Crippen LogP contribution in [0, 0.1) is 5.92 Å². The molecule has 0 saturated heterocycles. The van der Waals surface area contributed by atoms with E-state index in [4.69, 9.17) is 0 Å². The molecule has 0 spiro atoms. The second-order valence-electron chi connectivity index (χ2n) is 5.37. The number of nitrogens with one attached hydrogen (secondary N) is 1. The first-order valence-corrected chi connectivity index (χ1v) is 7.14. The first kappa shape index (κ1) is 13.6. The molecule has 3 atom stereocenters. The summed E-state index contributed by atoms with van der Waals surface area (Å²) in [6.07, 6.45) is 8.45. The Morgan fingerprint density at radius 3 is 2.94 bits per heavy atom. The number of nitrogens with zero attached hydrogens (tertiary/aromatic N) is 2. The molecule has 1 fully saturated rings. The van der Waals surface area contributed by atoms with Crippen LogP contribution in [0.5, 0.6) is 0 Å². The zero-order valence-corrected chi connectivity index (χ0v) is 11.5. The van der Waals surface area contributed by atoms with Crippen molar-refractivity contribution >= 4 is 0 Å². The Bertz CT molecular complexity index is 364. The summed E-state index contributed by atoms with van der Waals surface area (Å²) < 4.78 is 1.95. The average Bonchev–Trinajstić information content (AvgIpc) is 2.86. The number of aromatic nitrogens is 2. The maximum Gasteiger partial charge on any atom is 0.0580 e. The van der Waals surface area contributed by atoms with Crippen molar-refractivity contribution in [2.24, 2.45) is 5.92 Å². The molecule has 0 aromatic carbocycles. The van der Waals surface area contributed by atoms with Crippen molar-refractivity contribution in [1.29, 1.82) is 0 Å². The van der Waals surface area contributed by atoms with Gasteiger partial charge in [0.15, 0.2) is 0 Å². The van der Waals surface area contributed by atoms with Crippen molar-refractivity contribution < 1.29 is 5.11 Å². The van der Waals surface area contributed by atoms with Gasteiger partial charge in [0.1, 0.15) is 0 Å². The maximum atomic E-state index is 9.94. The highest BCUT2D eigenvalue weighted by atomic mass is 16.3. The van der Waals surface area contributed by atoms with Crippen LogP contribution in [0.25, 0.3) is 0 Å². The summed E-state index contributed by atoms with van der Waals surface area (Å²) in [6.45, 7) is 6.06. The topological polar surface area (TPSA) is 50.1 Å². The van der Waals surface area contributed by atoms with E-state index < -0.39 is 0 Å². The minimum Gasteiger partial charge on any atom is -0.393 e. The zero-order valence-electron chi connectivity index (χ0n) is 11.5. The third kappa shape index (κ3) is 3.33. The minimum absolute atomic E-state index is 0.114. The second-order valence-corrected chi connectivity index (χ2v) is 5.37. The third-order valence-corrected chi connectivity index (χ3v) is 4.03. The highest BCUT2D eigenvalue weighted by Gasteiger charge is 2.23. The average molecular weight is 251 g/mol. The van der Waals surface area contributed by atoms with Crippen molar-refractivity contribution in [2.75, 3.05) is 6.54 Å². The molecule has 4 nitrogen and oxygen atoms in total. The molecule has 0 bridgehead atoms.